The van der Waals surface area contributed by atoms with E-state index in [1.54, 1.807) is 6.07 Å². The molecular formula is C22H31N3O4S. The Labute approximate surface area is 179 Å². The Balaban J connectivity index is 1.63. The van der Waals surface area contributed by atoms with E-state index < -0.39 is 10.0 Å². The number of hydrogen-bond donors (Lipinski definition) is 0. The molecule has 8 heteroatoms. The number of sulfonamides is 1. The SMILES string of the molecule is CCCN(Cc1ccc(S(=O)(=O)N(C)C)o1)C1CCN(C(=O)c2ccccc2)CC1. The van der Waals surface area contributed by atoms with E-state index in [4.69, 9.17) is 4.42 Å². The van der Waals surface area contributed by atoms with Gasteiger partial charge in [0, 0.05) is 38.8 Å². The van der Waals surface area contributed by atoms with Crippen LogP contribution in [0.5, 0.6) is 0 Å². The summed E-state index contributed by atoms with van der Waals surface area (Å²) in [6.45, 7) is 5.03. The third-order valence-corrected chi connectivity index (χ3v) is 7.22. The fourth-order valence-electron chi connectivity index (χ4n) is 3.84. The molecule has 0 spiro atoms. The second kappa shape index (κ2) is 9.76. The second-order valence-corrected chi connectivity index (χ2v) is 9.95. The second-order valence-electron chi connectivity index (χ2n) is 7.87. The van der Waals surface area contributed by atoms with Crippen molar-refractivity contribution < 1.29 is 17.6 Å². The van der Waals surface area contributed by atoms with Crippen LogP contribution in [0.3, 0.4) is 0 Å². The van der Waals surface area contributed by atoms with Gasteiger partial charge in [0.2, 0.25) is 5.09 Å². The zero-order valence-corrected chi connectivity index (χ0v) is 18.8. The highest BCUT2D eigenvalue weighted by Gasteiger charge is 2.28. The molecule has 3 rings (SSSR count). The van der Waals surface area contributed by atoms with Crippen molar-refractivity contribution in [2.45, 2.75) is 43.9 Å². The Morgan fingerprint density at radius 3 is 2.37 bits per heavy atom. The maximum absolute atomic E-state index is 12.7. The molecule has 1 aliphatic rings. The number of carbonyl (C=O) groups is 1. The van der Waals surface area contributed by atoms with E-state index >= 15 is 0 Å². The number of likely N-dealkylation sites (tertiary alicyclic amines) is 1. The van der Waals surface area contributed by atoms with E-state index in [2.05, 4.69) is 11.8 Å². The number of amides is 1. The van der Waals surface area contributed by atoms with Crippen molar-refractivity contribution in [2.75, 3.05) is 33.7 Å². The van der Waals surface area contributed by atoms with Crippen LogP contribution < -0.4 is 0 Å². The standard InChI is InChI=1S/C22H31N3O4S/c1-4-14-25(17-20-10-11-21(29-20)30(27,28)23(2)3)19-12-15-24(16-13-19)22(26)18-8-6-5-7-9-18/h5-11,19H,4,12-17H2,1-3H3. The van der Waals surface area contributed by atoms with Gasteiger partial charge in [0.05, 0.1) is 6.54 Å². The van der Waals surface area contributed by atoms with Crippen molar-refractivity contribution in [2.24, 2.45) is 0 Å². The van der Waals surface area contributed by atoms with Crippen molar-refractivity contribution >= 4 is 15.9 Å². The first-order chi connectivity index (χ1) is 14.3. The van der Waals surface area contributed by atoms with Gasteiger partial charge in [-0.2, -0.15) is 0 Å². The fraction of sp³-hybridized carbons (Fsp3) is 0.500. The Kier molecular flexibility index (Phi) is 7.33. The van der Waals surface area contributed by atoms with Gasteiger partial charge < -0.3 is 9.32 Å². The molecule has 7 nitrogen and oxygen atoms in total. The normalized spacial score (nSPS) is 15.8. The Hall–Kier alpha value is -2.16. The molecule has 0 aliphatic carbocycles. The van der Waals surface area contributed by atoms with E-state index in [0.29, 0.717) is 18.3 Å². The maximum atomic E-state index is 12.7. The Morgan fingerprint density at radius 1 is 1.10 bits per heavy atom. The number of benzene rings is 1. The lowest BCUT2D eigenvalue weighted by molar-refractivity contribution is 0.0594. The molecule has 1 aromatic carbocycles. The zero-order valence-electron chi connectivity index (χ0n) is 18.0. The van der Waals surface area contributed by atoms with Crippen LogP contribution in [0, 0.1) is 0 Å². The van der Waals surface area contributed by atoms with Gasteiger partial charge >= 0.3 is 0 Å². The molecule has 0 radical (unpaired) electrons. The zero-order chi connectivity index (χ0) is 21.7. The highest BCUT2D eigenvalue weighted by Crippen LogP contribution is 2.23. The van der Waals surface area contributed by atoms with E-state index in [1.165, 1.54) is 20.2 Å². The van der Waals surface area contributed by atoms with E-state index in [-0.39, 0.29) is 11.0 Å². The lowest BCUT2D eigenvalue weighted by Gasteiger charge is -2.38. The molecule has 0 saturated carbocycles. The minimum absolute atomic E-state index is 0.0257. The molecule has 1 fully saturated rings. The van der Waals surface area contributed by atoms with Gasteiger partial charge in [-0.1, -0.05) is 25.1 Å². The van der Waals surface area contributed by atoms with Crippen LogP contribution in [0.2, 0.25) is 0 Å². The quantitative estimate of drug-likeness (QED) is 0.640. The van der Waals surface area contributed by atoms with Crippen molar-refractivity contribution in [1.29, 1.82) is 0 Å². The van der Waals surface area contributed by atoms with Crippen LogP contribution in [0.1, 0.15) is 42.3 Å². The molecular weight excluding hydrogens is 402 g/mol. The van der Waals surface area contributed by atoms with Gasteiger partial charge in [-0.05, 0) is 50.1 Å². The summed E-state index contributed by atoms with van der Waals surface area (Å²) in [5.74, 6) is 0.729. The topological polar surface area (TPSA) is 74.1 Å². The summed E-state index contributed by atoms with van der Waals surface area (Å²) >= 11 is 0. The summed E-state index contributed by atoms with van der Waals surface area (Å²) in [6, 6.07) is 13.0. The van der Waals surface area contributed by atoms with Crippen molar-refractivity contribution in [3.05, 3.63) is 53.8 Å². The van der Waals surface area contributed by atoms with E-state index in [0.717, 1.165) is 48.8 Å². The Morgan fingerprint density at radius 2 is 1.77 bits per heavy atom. The number of hydrogen-bond acceptors (Lipinski definition) is 5. The average molecular weight is 434 g/mol. The molecule has 1 aromatic heterocycles. The minimum Gasteiger partial charge on any atom is -0.447 e. The van der Waals surface area contributed by atoms with Crippen LogP contribution in [-0.4, -0.2) is 68.2 Å². The summed E-state index contributed by atoms with van der Waals surface area (Å²) in [7, 11) is -0.585. The molecule has 0 bridgehead atoms. The number of furan rings is 1. The van der Waals surface area contributed by atoms with Crippen LogP contribution in [0.15, 0.2) is 52.0 Å². The van der Waals surface area contributed by atoms with Crippen LogP contribution in [-0.2, 0) is 16.6 Å². The average Bonchev–Trinajstić information content (AvgIpc) is 3.23. The van der Waals surface area contributed by atoms with Crippen molar-refractivity contribution in [3.63, 3.8) is 0 Å². The summed E-state index contributed by atoms with van der Waals surface area (Å²) in [5, 5.41) is -0.0257. The van der Waals surface area contributed by atoms with Gasteiger partial charge in [-0.15, -0.1) is 0 Å². The summed E-state index contributed by atoms with van der Waals surface area (Å²) < 4.78 is 31.3. The maximum Gasteiger partial charge on any atom is 0.275 e. The van der Waals surface area contributed by atoms with Gasteiger partial charge in [0.15, 0.2) is 0 Å². The monoisotopic (exact) mass is 433 g/mol. The Bertz CT molecular complexity index is 932. The molecule has 2 heterocycles. The lowest BCUT2D eigenvalue weighted by Crippen LogP contribution is -2.46. The number of carbonyl (C=O) groups excluding carboxylic acids is 1. The van der Waals surface area contributed by atoms with Gasteiger partial charge in [-0.3, -0.25) is 9.69 Å². The summed E-state index contributed by atoms with van der Waals surface area (Å²) in [6.07, 6.45) is 2.77. The predicted molar refractivity (Wildman–Crippen MR) is 116 cm³/mol. The van der Waals surface area contributed by atoms with Gasteiger partial charge in [0.25, 0.3) is 15.9 Å². The molecule has 30 heavy (non-hydrogen) atoms. The van der Waals surface area contributed by atoms with E-state index in [1.807, 2.05) is 35.2 Å². The predicted octanol–water partition coefficient (Wildman–Crippen LogP) is 3.05. The van der Waals surface area contributed by atoms with Crippen LogP contribution in [0.4, 0.5) is 0 Å². The first-order valence-electron chi connectivity index (χ1n) is 10.4. The molecule has 0 atom stereocenters. The molecule has 0 unspecified atom stereocenters. The van der Waals surface area contributed by atoms with Crippen LogP contribution >= 0.6 is 0 Å². The third-order valence-electron chi connectivity index (χ3n) is 5.53. The lowest BCUT2D eigenvalue weighted by atomic mass is 10.0. The largest absolute Gasteiger partial charge is 0.447 e. The van der Waals surface area contributed by atoms with E-state index in [9.17, 15) is 13.2 Å². The smallest absolute Gasteiger partial charge is 0.275 e. The highest BCUT2D eigenvalue weighted by atomic mass is 32.2. The number of rotatable bonds is 8. The van der Waals surface area contributed by atoms with Crippen LogP contribution in [0.25, 0.3) is 0 Å². The number of piperidine rings is 1. The number of nitrogens with zero attached hydrogens (tertiary/aromatic N) is 3. The van der Waals surface area contributed by atoms with Crippen molar-refractivity contribution in [3.8, 4) is 0 Å². The van der Waals surface area contributed by atoms with Gasteiger partial charge in [-0.25, -0.2) is 12.7 Å². The molecule has 1 saturated heterocycles. The summed E-state index contributed by atoms with van der Waals surface area (Å²) in [5.41, 5.74) is 0.728. The highest BCUT2D eigenvalue weighted by molar-refractivity contribution is 7.88. The molecule has 2 aromatic rings. The molecule has 0 N–H and O–H groups in total. The first-order valence-corrected chi connectivity index (χ1v) is 11.9. The summed E-state index contributed by atoms with van der Waals surface area (Å²) in [4.78, 5) is 16.9. The molecule has 1 aliphatic heterocycles. The third kappa shape index (κ3) is 5.11. The van der Waals surface area contributed by atoms with Crippen molar-refractivity contribution in [1.82, 2.24) is 14.1 Å². The van der Waals surface area contributed by atoms with Gasteiger partial charge in [0.1, 0.15) is 5.76 Å². The first kappa shape index (κ1) is 22.5. The fourth-order valence-corrected chi connectivity index (χ4v) is 4.65. The molecule has 1 amide bonds. The minimum atomic E-state index is -3.57. The molecule has 164 valence electrons.